The Morgan fingerprint density at radius 1 is 1.40 bits per heavy atom. The molecule has 20 heavy (non-hydrogen) atoms. The van der Waals surface area contributed by atoms with Crippen LogP contribution in [0.3, 0.4) is 0 Å². The molecule has 1 fully saturated rings. The molecule has 0 radical (unpaired) electrons. The molecule has 0 aromatic carbocycles. The van der Waals surface area contributed by atoms with E-state index in [0.717, 1.165) is 18.9 Å². The quantitative estimate of drug-likeness (QED) is 0.756. The summed E-state index contributed by atoms with van der Waals surface area (Å²) in [5, 5.41) is 9.34. The van der Waals surface area contributed by atoms with Gasteiger partial charge in [-0.15, -0.1) is 0 Å². The average molecular weight is 280 g/mol. The lowest BCUT2D eigenvalue weighted by molar-refractivity contribution is -0.147. The molecule has 0 saturated carbocycles. The lowest BCUT2D eigenvalue weighted by Gasteiger charge is -2.33. The Kier molecular flexibility index (Phi) is 4.07. The van der Waals surface area contributed by atoms with Crippen molar-refractivity contribution in [3.05, 3.63) is 28.0 Å². The number of aromatic amines is 1. The van der Waals surface area contributed by atoms with Gasteiger partial charge in [0.1, 0.15) is 6.04 Å². The van der Waals surface area contributed by atoms with Crippen LogP contribution in [-0.2, 0) is 9.53 Å². The fourth-order valence-electron chi connectivity index (χ4n) is 2.37. The predicted molar refractivity (Wildman–Crippen MR) is 69.4 cm³/mol. The van der Waals surface area contributed by atoms with E-state index < -0.39 is 23.5 Å². The van der Waals surface area contributed by atoms with Crippen LogP contribution in [0.4, 0.5) is 0 Å². The number of aromatic hydroxyl groups is 1. The number of piperidine rings is 1. The topological polar surface area (TPSA) is 99.7 Å². The first-order chi connectivity index (χ1) is 9.52. The zero-order valence-electron chi connectivity index (χ0n) is 11.1. The summed E-state index contributed by atoms with van der Waals surface area (Å²) in [5.41, 5.74) is -0.512. The maximum atomic E-state index is 12.4. The molecule has 108 valence electrons. The second kappa shape index (κ2) is 5.77. The number of nitrogens with zero attached hydrogens (tertiary/aromatic N) is 1. The summed E-state index contributed by atoms with van der Waals surface area (Å²) < 4.78 is 4.70. The average Bonchev–Trinajstić information content (AvgIpc) is 2.44. The molecular formula is C13H16N2O5. The number of carbonyl (C=O) groups excluding carboxylic acids is 2. The smallest absolute Gasteiger partial charge is 0.328 e. The molecule has 1 saturated heterocycles. The van der Waals surface area contributed by atoms with Gasteiger partial charge >= 0.3 is 5.97 Å². The lowest BCUT2D eigenvalue weighted by atomic mass is 10.0. The third kappa shape index (κ3) is 2.81. The van der Waals surface area contributed by atoms with Crippen LogP contribution in [0.1, 0.15) is 29.6 Å². The minimum atomic E-state index is -0.636. The Morgan fingerprint density at radius 3 is 2.80 bits per heavy atom. The van der Waals surface area contributed by atoms with Crippen molar-refractivity contribution >= 4 is 11.9 Å². The van der Waals surface area contributed by atoms with E-state index in [1.54, 1.807) is 0 Å². The Hall–Kier alpha value is -2.31. The highest BCUT2D eigenvalue weighted by Crippen LogP contribution is 2.21. The summed E-state index contributed by atoms with van der Waals surface area (Å²) in [7, 11) is 1.28. The van der Waals surface area contributed by atoms with Crippen LogP contribution in [0.15, 0.2) is 16.9 Å². The Morgan fingerprint density at radius 2 is 2.15 bits per heavy atom. The van der Waals surface area contributed by atoms with Gasteiger partial charge in [0.15, 0.2) is 5.88 Å². The first-order valence-corrected chi connectivity index (χ1v) is 6.35. The molecule has 1 aliphatic rings. The van der Waals surface area contributed by atoms with Crippen molar-refractivity contribution in [2.75, 3.05) is 13.7 Å². The van der Waals surface area contributed by atoms with E-state index in [9.17, 15) is 19.5 Å². The third-order valence-electron chi connectivity index (χ3n) is 3.31. The molecule has 1 aromatic heterocycles. The highest BCUT2D eigenvalue weighted by molar-refractivity contribution is 5.97. The van der Waals surface area contributed by atoms with E-state index in [0.29, 0.717) is 13.0 Å². The van der Waals surface area contributed by atoms with Crippen LogP contribution in [-0.4, -0.2) is 46.6 Å². The number of methoxy groups -OCH3 is 1. The van der Waals surface area contributed by atoms with Crippen LogP contribution in [0.5, 0.6) is 5.88 Å². The van der Waals surface area contributed by atoms with E-state index in [4.69, 9.17) is 4.74 Å². The molecule has 1 aliphatic heterocycles. The minimum absolute atomic E-state index is 0.0575. The van der Waals surface area contributed by atoms with E-state index in [1.165, 1.54) is 18.1 Å². The number of esters is 1. The standard InChI is InChI=1S/C13H16N2O5/c1-20-13(19)9-4-2-3-5-15(9)12(18)8-6-10(16)14-11(17)7-8/h6-7,9H,2-5H2,1H3,(H2,14,16,17). The van der Waals surface area contributed by atoms with Gasteiger partial charge in [-0.05, 0) is 19.3 Å². The summed E-state index contributed by atoms with van der Waals surface area (Å²) in [4.78, 5) is 38.9. The second-order valence-electron chi connectivity index (χ2n) is 4.65. The van der Waals surface area contributed by atoms with Gasteiger partial charge in [0.2, 0.25) is 0 Å². The van der Waals surface area contributed by atoms with Crippen molar-refractivity contribution < 1.29 is 19.4 Å². The molecule has 1 aromatic rings. The van der Waals surface area contributed by atoms with Crippen molar-refractivity contribution in [1.29, 1.82) is 0 Å². The number of carbonyl (C=O) groups is 2. The van der Waals surface area contributed by atoms with Gasteiger partial charge in [-0.25, -0.2) is 4.79 Å². The summed E-state index contributed by atoms with van der Waals surface area (Å²) >= 11 is 0. The number of hydrogen-bond acceptors (Lipinski definition) is 5. The summed E-state index contributed by atoms with van der Waals surface area (Å²) in [6.45, 7) is 0.423. The molecule has 1 atom stereocenters. The van der Waals surface area contributed by atoms with Gasteiger partial charge in [0, 0.05) is 18.7 Å². The fourth-order valence-corrected chi connectivity index (χ4v) is 2.37. The SMILES string of the molecule is COC(=O)C1CCCCN1C(=O)c1cc(O)[nH]c(=O)c1. The van der Waals surface area contributed by atoms with Crippen molar-refractivity contribution in [2.24, 2.45) is 0 Å². The Balaban J connectivity index is 2.29. The van der Waals surface area contributed by atoms with Crippen LogP contribution in [0.2, 0.25) is 0 Å². The van der Waals surface area contributed by atoms with Gasteiger partial charge in [0.05, 0.1) is 12.7 Å². The number of rotatable bonds is 2. The number of hydrogen-bond donors (Lipinski definition) is 2. The van der Waals surface area contributed by atoms with E-state index in [1.807, 2.05) is 0 Å². The van der Waals surface area contributed by atoms with Gasteiger partial charge in [0.25, 0.3) is 11.5 Å². The van der Waals surface area contributed by atoms with E-state index in [-0.39, 0.29) is 11.4 Å². The van der Waals surface area contributed by atoms with Gasteiger partial charge in [-0.3, -0.25) is 14.6 Å². The molecule has 7 heteroatoms. The van der Waals surface area contributed by atoms with Crippen LogP contribution in [0.25, 0.3) is 0 Å². The zero-order chi connectivity index (χ0) is 14.7. The highest BCUT2D eigenvalue weighted by Gasteiger charge is 2.33. The van der Waals surface area contributed by atoms with Crippen molar-refractivity contribution in [1.82, 2.24) is 9.88 Å². The number of ether oxygens (including phenoxy) is 1. The highest BCUT2D eigenvalue weighted by atomic mass is 16.5. The van der Waals surface area contributed by atoms with Crippen LogP contribution < -0.4 is 5.56 Å². The van der Waals surface area contributed by atoms with Crippen molar-refractivity contribution in [2.45, 2.75) is 25.3 Å². The molecule has 2 N–H and O–H groups in total. The van der Waals surface area contributed by atoms with E-state index >= 15 is 0 Å². The number of likely N-dealkylation sites (tertiary alicyclic amines) is 1. The molecule has 2 heterocycles. The number of aromatic nitrogens is 1. The molecule has 1 unspecified atom stereocenters. The van der Waals surface area contributed by atoms with Gasteiger partial charge in [-0.2, -0.15) is 0 Å². The Labute approximate surface area is 115 Å². The van der Waals surface area contributed by atoms with Crippen LogP contribution >= 0.6 is 0 Å². The number of nitrogens with one attached hydrogen (secondary N) is 1. The van der Waals surface area contributed by atoms with E-state index in [2.05, 4.69) is 4.98 Å². The first-order valence-electron chi connectivity index (χ1n) is 6.35. The molecule has 2 rings (SSSR count). The molecular weight excluding hydrogens is 264 g/mol. The first kappa shape index (κ1) is 14.1. The monoisotopic (exact) mass is 280 g/mol. The molecule has 7 nitrogen and oxygen atoms in total. The fraction of sp³-hybridized carbons (Fsp3) is 0.462. The number of pyridine rings is 1. The van der Waals surface area contributed by atoms with Gasteiger partial charge < -0.3 is 14.7 Å². The summed E-state index contributed by atoms with van der Waals surface area (Å²) in [6.07, 6.45) is 2.16. The predicted octanol–water partition coefficient (Wildman–Crippen LogP) is 0.248. The molecule has 0 bridgehead atoms. The zero-order valence-corrected chi connectivity index (χ0v) is 11.1. The van der Waals surface area contributed by atoms with Crippen LogP contribution in [0, 0.1) is 0 Å². The summed E-state index contributed by atoms with van der Waals surface area (Å²) in [6, 6.07) is 1.64. The molecule has 0 aliphatic carbocycles. The van der Waals surface area contributed by atoms with Crippen molar-refractivity contribution in [3.8, 4) is 5.88 Å². The lowest BCUT2D eigenvalue weighted by Crippen LogP contribution is -2.48. The minimum Gasteiger partial charge on any atom is -0.494 e. The van der Waals surface area contributed by atoms with Gasteiger partial charge in [-0.1, -0.05) is 0 Å². The largest absolute Gasteiger partial charge is 0.494 e. The third-order valence-corrected chi connectivity index (χ3v) is 3.31. The molecule has 0 spiro atoms. The van der Waals surface area contributed by atoms with Crippen molar-refractivity contribution in [3.63, 3.8) is 0 Å². The normalized spacial score (nSPS) is 18.6. The maximum absolute atomic E-state index is 12.4. The maximum Gasteiger partial charge on any atom is 0.328 e. The Bertz CT molecular complexity index is 580. The number of amides is 1. The summed E-state index contributed by atoms with van der Waals surface area (Å²) in [5.74, 6) is -1.30. The number of H-pyrrole nitrogens is 1. The second-order valence-corrected chi connectivity index (χ2v) is 4.65. The molecule has 1 amide bonds.